The molecule has 3 heterocycles. The number of fused-ring (bicyclic) bond motifs is 1. The van der Waals surface area contributed by atoms with Crippen LogP contribution in [0.4, 0.5) is 4.79 Å². The number of aromatic amines is 1. The molecule has 0 bridgehead atoms. The Kier molecular flexibility index (Phi) is 5.76. The summed E-state index contributed by atoms with van der Waals surface area (Å²) >= 11 is 0. The molecular formula is C24H33N3O3. The summed E-state index contributed by atoms with van der Waals surface area (Å²) in [6, 6.07) is 8.00. The monoisotopic (exact) mass is 411 g/mol. The molecule has 1 aromatic carbocycles. The van der Waals surface area contributed by atoms with Crippen LogP contribution in [0.3, 0.4) is 0 Å². The molecule has 0 spiro atoms. The van der Waals surface area contributed by atoms with Gasteiger partial charge in [0.2, 0.25) is 5.91 Å². The van der Waals surface area contributed by atoms with Crippen molar-refractivity contribution in [2.45, 2.75) is 70.4 Å². The average molecular weight is 412 g/mol. The van der Waals surface area contributed by atoms with Gasteiger partial charge in [0.05, 0.1) is 0 Å². The number of benzene rings is 1. The number of amides is 2. The molecule has 2 aliphatic heterocycles. The summed E-state index contributed by atoms with van der Waals surface area (Å²) in [5.74, 6) is 0.538. The van der Waals surface area contributed by atoms with E-state index in [2.05, 4.69) is 29.4 Å². The number of carbonyl (C=O) groups excluding carboxylic acids is 2. The molecule has 0 saturated carbocycles. The van der Waals surface area contributed by atoms with Crippen molar-refractivity contribution < 1.29 is 14.3 Å². The van der Waals surface area contributed by atoms with Crippen molar-refractivity contribution in [1.29, 1.82) is 0 Å². The fourth-order valence-electron chi connectivity index (χ4n) is 4.78. The second kappa shape index (κ2) is 8.32. The Labute approximate surface area is 178 Å². The van der Waals surface area contributed by atoms with Gasteiger partial charge in [0.1, 0.15) is 11.6 Å². The topological polar surface area (TPSA) is 65.6 Å². The Hall–Kier alpha value is -2.50. The highest BCUT2D eigenvalue weighted by Gasteiger charge is 2.38. The molecule has 162 valence electrons. The maximum Gasteiger partial charge on any atom is 0.410 e. The molecule has 1 atom stereocenters. The first-order chi connectivity index (χ1) is 14.3. The van der Waals surface area contributed by atoms with Crippen LogP contribution in [0, 0.1) is 0 Å². The molecule has 30 heavy (non-hydrogen) atoms. The Morgan fingerprint density at radius 3 is 2.50 bits per heavy atom. The van der Waals surface area contributed by atoms with Crippen molar-refractivity contribution in [2.75, 3.05) is 19.6 Å². The zero-order valence-corrected chi connectivity index (χ0v) is 18.3. The molecule has 2 saturated heterocycles. The van der Waals surface area contributed by atoms with Crippen molar-refractivity contribution in [1.82, 2.24) is 14.8 Å². The van der Waals surface area contributed by atoms with E-state index in [0.717, 1.165) is 45.2 Å². The van der Waals surface area contributed by atoms with Crippen LogP contribution in [0.2, 0.25) is 0 Å². The van der Waals surface area contributed by atoms with Gasteiger partial charge in [-0.05, 0) is 70.4 Å². The number of nitrogens with one attached hydrogen (secondary N) is 1. The number of rotatable bonds is 2. The molecule has 6 heteroatoms. The second-order valence-corrected chi connectivity index (χ2v) is 9.57. The van der Waals surface area contributed by atoms with Crippen LogP contribution in [0.15, 0.2) is 30.5 Å². The molecule has 1 unspecified atom stereocenters. The fourth-order valence-corrected chi connectivity index (χ4v) is 4.78. The molecule has 1 aromatic heterocycles. The van der Waals surface area contributed by atoms with Gasteiger partial charge in [-0.2, -0.15) is 0 Å². The van der Waals surface area contributed by atoms with E-state index in [-0.39, 0.29) is 12.0 Å². The van der Waals surface area contributed by atoms with Gasteiger partial charge in [-0.15, -0.1) is 0 Å². The Bertz CT molecular complexity index is 906. The standard InChI is InChI=1S/C24H33N3O3/c1-24(2,3)30-23(29)27-13-7-6-10-21(27)22(28)26-14-11-17(12-15-26)19-16-25-20-9-5-4-8-18(19)20/h4-5,8-9,16-17,21,25H,6-7,10-15H2,1-3H3. The van der Waals surface area contributed by atoms with Gasteiger partial charge in [-0.25, -0.2) is 4.79 Å². The summed E-state index contributed by atoms with van der Waals surface area (Å²) in [5, 5.41) is 1.28. The predicted molar refractivity (Wildman–Crippen MR) is 117 cm³/mol. The molecule has 0 aliphatic carbocycles. The van der Waals surface area contributed by atoms with Crippen LogP contribution in [0.5, 0.6) is 0 Å². The lowest BCUT2D eigenvalue weighted by Crippen LogP contribution is -2.55. The molecular weight excluding hydrogens is 378 g/mol. The van der Waals surface area contributed by atoms with Crippen LogP contribution < -0.4 is 0 Å². The van der Waals surface area contributed by atoms with Crippen molar-refractivity contribution in [3.63, 3.8) is 0 Å². The quantitative estimate of drug-likeness (QED) is 0.781. The van der Waals surface area contributed by atoms with Gasteiger partial charge in [0, 0.05) is 36.7 Å². The van der Waals surface area contributed by atoms with Crippen molar-refractivity contribution >= 4 is 22.9 Å². The SMILES string of the molecule is CC(C)(C)OC(=O)N1CCCCC1C(=O)N1CCC(c2c[nH]c3ccccc23)CC1. The first-order valence-corrected chi connectivity index (χ1v) is 11.2. The van der Waals surface area contributed by atoms with Gasteiger partial charge in [0.25, 0.3) is 0 Å². The highest BCUT2D eigenvalue weighted by molar-refractivity contribution is 5.86. The van der Waals surface area contributed by atoms with Crippen LogP contribution in [-0.4, -0.2) is 58.1 Å². The maximum atomic E-state index is 13.3. The zero-order valence-electron chi connectivity index (χ0n) is 18.3. The van der Waals surface area contributed by atoms with Gasteiger partial charge in [-0.3, -0.25) is 9.69 Å². The van der Waals surface area contributed by atoms with Crippen molar-refractivity contribution in [3.8, 4) is 0 Å². The van der Waals surface area contributed by atoms with Crippen molar-refractivity contribution in [2.24, 2.45) is 0 Å². The van der Waals surface area contributed by atoms with Crippen LogP contribution in [0.25, 0.3) is 10.9 Å². The molecule has 2 fully saturated rings. The lowest BCUT2D eigenvalue weighted by Gasteiger charge is -2.40. The van der Waals surface area contributed by atoms with Gasteiger partial charge in [-0.1, -0.05) is 18.2 Å². The average Bonchev–Trinajstić information content (AvgIpc) is 3.16. The van der Waals surface area contributed by atoms with E-state index in [9.17, 15) is 9.59 Å². The number of para-hydroxylation sites is 1. The lowest BCUT2D eigenvalue weighted by atomic mass is 9.88. The minimum absolute atomic E-state index is 0.0814. The van der Waals surface area contributed by atoms with E-state index in [1.54, 1.807) is 4.90 Å². The Balaban J connectivity index is 1.41. The normalized spacial score (nSPS) is 21.1. The summed E-state index contributed by atoms with van der Waals surface area (Å²) in [6.07, 6.45) is 6.28. The summed E-state index contributed by atoms with van der Waals surface area (Å²) in [7, 11) is 0. The summed E-state index contributed by atoms with van der Waals surface area (Å²) < 4.78 is 5.56. The highest BCUT2D eigenvalue weighted by Crippen LogP contribution is 2.34. The first-order valence-electron chi connectivity index (χ1n) is 11.2. The summed E-state index contributed by atoms with van der Waals surface area (Å²) in [4.78, 5) is 33.0. The number of aromatic nitrogens is 1. The van der Waals surface area contributed by atoms with E-state index >= 15 is 0 Å². The van der Waals surface area contributed by atoms with E-state index < -0.39 is 11.6 Å². The van der Waals surface area contributed by atoms with E-state index in [0.29, 0.717) is 12.5 Å². The summed E-state index contributed by atoms with van der Waals surface area (Å²) in [6.45, 7) is 7.66. The number of hydrogen-bond acceptors (Lipinski definition) is 3. The Morgan fingerprint density at radius 2 is 1.77 bits per heavy atom. The number of H-pyrrole nitrogens is 1. The fraction of sp³-hybridized carbons (Fsp3) is 0.583. The van der Waals surface area contributed by atoms with Crippen LogP contribution in [0.1, 0.15) is 64.4 Å². The van der Waals surface area contributed by atoms with Gasteiger partial charge < -0.3 is 14.6 Å². The van der Waals surface area contributed by atoms with Gasteiger partial charge in [0.15, 0.2) is 0 Å². The second-order valence-electron chi connectivity index (χ2n) is 9.57. The number of hydrogen-bond donors (Lipinski definition) is 1. The number of likely N-dealkylation sites (tertiary alicyclic amines) is 2. The number of carbonyl (C=O) groups is 2. The van der Waals surface area contributed by atoms with Crippen LogP contribution in [-0.2, 0) is 9.53 Å². The molecule has 6 nitrogen and oxygen atoms in total. The number of piperidine rings is 2. The predicted octanol–water partition coefficient (Wildman–Crippen LogP) is 4.66. The van der Waals surface area contributed by atoms with Crippen molar-refractivity contribution in [3.05, 3.63) is 36.0 Å². The molecule has 1 N–H and O–H groups in total. The minimum Gasteiger partial charge on any atom is -0.444 e. The van der Waals surface area contributed by atoms with E-state index in [1.165, 1.54) is 16.5 Å². The third-order valence-electron chi connectivity index (χ3n) is 6.28. The van der Waals surface area contributed by atoms with Gasteiger partial charge >= 0.3 is 6.09 Å². The summed E-state index contributed by atoms with van der Waals surface area (Å²) in [5.41, 5.74) is 1.96. The molecule has 2 aromatic rings. The molecule has 2 amide bonds. The first kappa shape index (κ1) is 20.8. The lowest BCUT2D eigenvalue weighted by molar-refractivity contribution is -0.139. The minimum atomic E-state index is -0.556. The highest BCUT2D eigenvalue weighted by atomic mass is 16.6. The molecule has 2 aliphatic rings. The smallest absolute Gasteiger partial charge is 0.410 e. The van der Waals surface area contributed by atoms with E-state index in [1.807, 2.05) is 31.7 Å². The Morgan fingerprint density at radius 1 is 1.03 bits per heavy atom. The maximum absolute atomic E-state index is 13.3. The molecule has 4 rings (SSSR count). The van der Waals surface area contributed by atoms with Crippen LogP contribution >= 0.6 is 0 Å². The number of nitrogens with zero attached hydrogens (tertiary/aromatic N) is 2. The number of ether oxygens (including phenoxy) is 1. The largest absolute Gasteiger partial charge is 0.444 e. The third-order valence-corrected chi connectivity index (χ3v) is 6.28. The molecule has 0 radical (unpaired) electrons. The third kappa shape index (κ3) is 4.32. The zero-order chi connectivity index (χ0) is 21.3. The van der Waals surface area contributed by atoms with E-state index in [4.69, 9.17) is 4.74 Å².